The summed E-state index contributed by atoms with van der Waals surface area (Å²) in [7, 11) is 2.10. The fourth-order valence-corrected chi connectivity index (χ4v) is 4.99. The third kappa shape index (κ3) is 3.72. The number of nitrogens with zero attached hydrogens (tertiary/aromatic N) is 4. The number of hydrogen-bond acceptors (Lipinski definition) is 3. The van der Waals surface area contributed by atoms with Crippen LogP contribution in [0.2, 0.25) is 0 Å². The van der Waals surface area contributed by atoms with Crippen LogP contribution in [0.15, 0.2) is 42.7 Å². The molecule has 3 heterocycles. The van der Waals surface area contributed by atoms with Gasteiger partial charge in [0, 0.05) is 32.5 Å². The number of likely N-dealkylation sites (tertiary alicyclic amines) is 2. The summed E-state index contributed by atoms with van der Waals surface area (Å²) in [6.45, 7) is 9.37. The van der Waals surface area contributed by atoms with Crippen molar-refractivity contribution in [2.24, 2.45) is 12.5 Å². The Kier molecular flexibility index (Phi) is 5.14. The Bertz CT molecular complexity index is 700. The van der Waals surface area contributed by atoms with Gasteiger partial charge in [-0.15, -0.1) is 0 Å². The number of rotatable bonds is 4. The average molecular weight is 353 g/mol. The van der Waals surface area contributed by atoms with Gasteiger partial charge in [0.05, 0.1) is 6.54 Å². The lowest BCUT2D eigenvalue weighted by atomic mass is 9.68. The molecule has 0 unspecified atom stereocenters. The van der Waals surface area contributed by atoms with Gasteiger partial charge in [0.2, 0.25) is 0 Å². The van der Waals surface area contributed by atoms with Crippen LogP contribution in [-0.4, -0.2) is 52.1 Å². The summed E-state index contributed by atoms with van der Waals surface area (Å²) < 4.78 is 2.15. The molecule has 1 spiro atoms. The summed E-state index contributed by atoms with van der Waals surface area (Å²) in [5.74, 6) is 1.87. The monoisotopic (exact) mass is 352 g/mol. The van der Waals surface area contributed by atoms with Crippen molar-refractivity contribution in [3.05, 3.63) is 54.1 Å². The molecule has 0 amide bonds. The first-order valence-electron chi connectivity index (χ1n) is 10.1. The van der Waals surface area contributed by atoms with Gasteiger partial charge in [0.25, 0.3) is 0 Å². The van der Waals surface area contributed by atoms with E-state index in [4.69, 9.17) is 0 Å². The van der Waals surface area contributed by atoms with Crippen LogP contribution in [0.3, 0.4) is 0 Å². The summed E-state index contributed by atoms with van der Waals surface area (Å²) >= 11 is 0. The van der Waals surface area contributed by atoms with E-state index < -0.39 is 0 Å². The maximum Gasteiger partial charge on any atom is 0.122 e. The molecule has 26 heavy (non-hydrogen) atoms. The number of imidazole rings is 1. The molecular formula is C22H32N4. The van der Waals surface area contributed by atoms with Gasteiger partial charge in [-0.3, -0.25) is 4.90 Å². The van der Waals surface area contributed by atoms with Gasteiger partial charge in [-0.1, -0.05) is 37.3 Å². The van der Waals surface area contributed by atoms with Crippen LogP contribution >= 0.6 is 0 Å². The Balaban J connectivity index is 1.43. The summed E-state index contributed by atoms with van der Waals surface area (Å²) in [4.78, 5) is 9.79. The molecule has 2 aliphatic rings. The van der Waals surface area contributed by atoms with Crippen molar-refractivity contribution in [1.29, 1.82) is 0 Å². The summed E-state index contributed by atoms with van der Waals surface area (Å²) in [6, 6.07) is 11.2. The minimum Gasteiger partial charge on any atom is -0.337 e. The molecule has 1 atom stereocenters. The smallest absolute Gasteiger partial charge is 0.122 e. The van der Waals surface area contributed by atoms with Crippen molar-refractivity contribution in [1.82, 2.24) is 19.4 Å². The molecule has 2 aromatic rings. The van der Waals surface area contributed by atoms with E-state index in [0.29, 0.717) is 11.3 Å². The van der Waals surface area contributed by atoms with Crippen LogP contribution in [0.5, 0.6) is 0 Å². The lowest BCUT2D eigenvalue weighted by Gasteiger charge is -2.50. The standard InChI is InChI=1S/C22H32N4/c1-3-25-16-20(19-7-5-4-6-8-19)15-22(18-25)9-12-26(13-10-22)17-21-23-11-14-24(21)2/h4-8,11,14,20H,3,9-10,12-13,15-18H2,1-2H3/t20-/m1/s1. The highest BCUT2D eigenvalue weighted by Crippen LogP contribution is 2.45. The van der Waals surface area contributed by atoms with E-state index in [-0.39, 0.29) is 0 Å². The lowest BCUT2D eigenvalue weighted by Crippen LogP contribution is -2.51. The molecule has 0 bridgehead atoms. The highest BCUT2D eigenvalue weighted by atomic mass is 15.2. The Hall–Kier alpha value is -1.65. The van der Waals surface area contributed by atoms with Gasteiger partial charge in [0.15, 0.2) is 0 Å². The second kappa shape index (κ2) is 7.53. The maximum atomic E-state index is 4.50. The average Bonchev–Trinajstić information content (AvgIpc) is 3.09. The zero-order chi connectivity index (χ0) is 18.0. The first-order chi connectivity index (χ1) is 12.7. The van der Waals surface area contributed by atoms with E-state index in [1.807, 2.05) is 12.4 Å². The van der Waals surface area contributed by atoms with Gasteiger partial charge in [-0.2, -0.15) is 0 Å². The van der Waals surface area contributed by atoms with Crippen LogP contribution in [0.4, 0.5) is 0 Å². The summed E-state index contributed by atoms with van der Waals surface area (Å²) in [5.41, 5.74) is 2.02. The number of aryl methyl sites for hydroxylation is 1. The van der Waals surface area contributed by atoms with Gasteiger partial charge in [-0.25, -0.2) is 4.98 Å². The highest BCUT2D eigenvalue weighted by Gasteiger charge is 2.41. The van der Waals surface area contributed by atoms with Crippen molar-refractivity contribution in [3.63, 3.8) is 0 Å². The van der Waals surface area contributed by atoms with Crippen LogP contribution in [0.25, 0.3) is 0 Å². The molecule has 0 N–H and O–H groups in total. The zero-order valence-electron chi connectivity index (χ0n) is 16.3. The number of aromatic nitrogens is 2. The fraction of sp³-hybridized carbons (Fsp3) is 0.591. The summed E-state index contributed by atoms with van der Waals surface area (Å²) in [5, 5.41) is 0. The second-order valence-corrected chi connectivity index (χ2v) is 8.37. The molecule has 4 heteroatoms. The number of hydrogen-bond donors (Lipinski definition) is 0. The Morgan fingerprint density at radius 1 is 1.12 bits per heavy atom. The molecule has 1 aromatic heterocycles. The van der Waals surface area contributed by atoms with Crippen molar-refractivity contribution in [2.75, 3.05) is 32.7 Å². The molecule has 4 rings (SSSR count). The van der Waals surface area contributed by atoms with E-state index in [0.717, 1.165) is 6.54 Å². The van der Waals surface area contributed by atoms with Crippen LogP contribution in [-0.2, 0) is 13.6 Å². The van der Waals surface area contributed by atoms with Gasteiger partial charge in [-0.05, 0) is 55.8 Å². The Morgan fingerprint density at radius 3 is 2.54 bits per heavy atom. The molecule has 0 saturated carbocycles. The Morgan fingerprint density at radius 2 is 1.88 bits per heavy atom. The summed E-state index contributed by atoms with van der Waals surface area (Å²) in [6.07, 6.45) is 7.94. The molecule has 0 radical (unpaired) electrons. The molecule has 2 fully saturated rings. The van der Waals surface area contributed by atoms with E-state index in [9.17, 15) is 0 Å². The quantitative estimate of drug-likeness (QED) is 0.841. The molecule has 140 valence electrons. The SMILES string of the molecule is CCN1C[C@H](c2ccccc2)CC2(CCN(Cc3nccn3C)CC2)C1. The largest absolute Gasteiger partial charge is 0.337 e. The Labute approximate surface area is 157 Å². The minimum atomic E-state index is 0.493. The number of benzene rings is 1. The minimum absolute atomic E-state index is 0.493. The number of likely N-dealkylation sites (N-methyl/N-ethyl adjacent to an activating group) is 1. The lowest BCUT2D eigenvalue weighted by molar-refractivity contribution is 0.0130. The zero-order valence-corrected chi connectivity index (χ0v) is 16.3. The van der Waals surface area contributed by atoms with Crippen molar-refractivity contribution in [3.8, 4) is 0 Å². The molecule has 1 aromatic carbocycles. The predicted octanol–water partition coefficient (Wildman–Crippen LogP) is 3.51. The molecule has 0 aliphatic carbocycles. The van der Waals surface area contributed by atoms with Crippen LogP contribution < -0.4 is 0 Å². The first kappa shape index (κ1) is 17.7. The molecule has 2 aliphatic heterocycles. The number of piperidine rings is 2. The molecular weight excluding hydrogens is 320 g/mol. The van der Waals surface area contributed by atoms with E-state index in [2.05, 4.69) is 63.7 Å². The van der Waals surface area contributed by atoms with Crippen LogP contribution in [0, 0.1) is 5.41 Å². The van der Waals surface area contributed by atoms with Gasteiger partial charge < -0.3 is 9.47 Å². The third-order valence-electron chi connectivity index (χ3n) is 6.64. The van der Waals surface area contributed by atoms with E-state index in [1.54, 1.807) is 0 Å². The fourth-order valence-electron chi connectivity index (χ4n) is 4.99. The molecule has 4 nitrogen and oxygen atoms in total. The second-order valence-electron chi connectivity index (χ2n) is 8.37. The van der Waals surface area contributed by atoms with Crippen molar-refractivity contribution >= 4 is 0 Å². The van der Waals surface area contributed by atoms with E-state index >= 15 is 0 Å². The van der Waals surface area contributed by atoms with Gasteiger partial charge >= 0.3 is 0 Å². The highest BCUT2D eigenvalue weighted by molar-refractivity contribution is 5.21. The van der Waals surface area contributed by atoms with Crippen molar-refractivity contribution < 1.29 is 0 Å². The maximum absolute atomic E-state index is 4.50. The topological polar surface area (TPSA) is 24.3 Å². The van der Waals surface area contributed by atoms with Crippen LogP contribution in [0.1, 0.15) is 43.5 Å². The molecule has 2 saturated heterocycles. The first-order valence-corrected chi connectivity index (χ1v) is 10.1. The normalized spacial score (nSPS) is 24.2. The van der Waals surface area contributed by atoms with Crippen molar-refractivity contribution in [2.45, 2.75) is 38.6 Å². The predicted molar refractivity (Wildman–Crippen MR) is 106 cm³/mol. The third-order valence-corrected chi connectivity index (χ3v) is 6.64. The van der Waals surface area contributed by atoms with Gasteiger partial charge in [0.1, 0.15) is 5.82 Å². The van der Waals surface area contributed by atoms with E-state index in [1.165, 1.54) is 63.4 Å².